The standard InChI is InChI=1S/C30H25F3O8/c1-16-10-17(2)12-20(11-16)40-28-26(35)21-8-7-19(15-22(21)41-29(28)30(31,32)33)39-25(34)9-6-18-13-23(36-3)27(38-5)24(14-18)37-4/h6-15H,1-5H3. The van der Waals surface area contributed by atoms with Gasteiger partial charge in [0.1, 0.15) is 17.1 Å². The first-order valence-electron chi connectivity index (χ1n) is 12.1. The van der Waals surface area contributed by atoms with Crippen molar-refractivity contribution in [1.82, 2.24) is 0 Å². The third-order valence-corrected chi connectivity index (χ3v) is 5.81. The minimum absolute atomic E-state index is 0.0593. The number of esters is 1. The molecule has 0 atom stereocenters. The van der Waals surface area contributed by atoms with E-state index in [-0.39, 0.29) is 16.9 Å². The predicted molar refractivity (Wildman–Crippen MR) is 144 cm³/mol. The molecule has 0 N–H and O–H groups in total. The summed E-state index contributed by atoms with van der Waals surface area (Å²) in [5, 5.41) is -0.190. The summed E-state index contributed by atoms with van der Waals surface area (Å²) in [5.74, 6) is -2.43. The smallest absolute Gasteiger partial charge is 0.453 e. The summed E-state index contributed by atoms with van der Waals surface area (Å²) in [6, 6.07) is 11.5. The molecule has 0 spiro atoms. The number of fused-ring (bicyclic) bond motifs is 1. The molecule has 11 heteroatoms. The number of ether oxygens (including phenoxy) is 5. The average molecular weight is 571 g/mol. The molecule has 0 fully saturated rings. The van der Waals surface area contributed by atoms with Gasteiger partial charge in [-0.05, 0) is 73.0 Å². The van der Waals surface area contributed by atoms with Gasteiger partial charge in [0.05, 0.1) is 26.7 Å². The van der Waals surface area contributed by atoms with Crippen LogP contribution in [0.25, 0.3) is 17.0 Å². The summed E-state index contributed by atoms with van der Waals surface area (Å²) in [7, 11) is 4.34. The second kappa shape index (κ2) is 11.7. The molecule has 8 nitrogen and oxygen atoms in total. The molecule has 0 aliphatic carbocycles. The van der Waals surface area contributed by atoms with Gasteiger partial charge >= 0.3 is 12.1 Å². The van der Waals surface area contributed by atoms with E-state index >= 15 is 0 Å². The van der Waals surface area contributed by atoms with Crippen LogP contribution in [0.5, 0.6) is 34.5 Å². The van der Waals surface area contributed by atoms with Crippen molar-refractivity contribution in [3.05, 3.63) is 87.3 Å². The summed E-state index contributed by atoms with van der Waals surface area (Å²) >= 11 is 0. The first-order chi connectivity index (χ1) is 19.4. The summed E-state index contributed by atoms with van der Waals surface area (Å²) in [4.78, 5) is 25.6. The third-order valence-electron chi connectivity index (χ3n) is 5.81. The van der Waals surface area contributed by atoms with Crippen molar-refractivity contribution in [2.45, 2.75) is 20.0 Å². The molecule has 41 heavy (non-hydrogen) atoms. The van der Waals surface area contributed by atoms with Crippen molar-refractivity contribution in [3.63, 3.8) is 0 Å². The topological polar surface area (TPSA) is 93.4 Å². The Balaban J connectivity index is 1.64. The number of halogens is 3. The third kappa shape index (κ3) is 6.46. The van der Waals surface area contributed by atoms with Crippen LogP contribution in [0.2, 0.25) is 0 Å². The number of carbonyl (C=O) groups is 1. The van der Waals surface area contributed by atoms with Crippen molar-refractivity contribution in [1.29, 1.82) is 0 Å². The first-order valence-corrected chi connectivity index (χ1v) is 12.1. The molecule has 4 aromatic rings. The maximum atomic E-state index is 13.9. The fraction of sp³-hybridized carbons (Fsp3) is 0.200. The predicted octanol–water partition coefficient (Wildman–Crippen LogP) is 6.87. The Bertz CT molecular complexity index is 1660. The maximum Gasteiger partial charge on any atom is 0.453 e. The second-order valence-corrected chi connectivity index (χ2v) is 8.88. The average Bonchev–Trinajstić information content (AvgIpc) is 2.91. The zero-order valence-electron chi connectivity index (χ0n) is 22.7. The normalized spacial score (nSPS) is 11.5. The van der Waals surface area contributed by atoms with Gasteiger partial charge in [-0.1, -0.05) is 6.07 Å². The highest BCUT2D eigenvalue weighted by molar-refractivity contribution is 5.90. The van der Waals surface area contributed by atoms with Gasteiger partial charge in [0.2, 0.25) is 16.9 Å². The number of benzene rings is 3. The largest absolute Gasteiger partial charge is 0.493 e. The fourth-order valence-electron chi connectivity index (χ4n) is 4.12. The lowest BCUT2D eigenvalue weighted by Crippen LogP contribution is -2.15. The Labute approximate surface area is 232 Å². The van der Waals surface area contributed by atoms with Crippen molar-refractivity contribution < 1.29 is 46.1 Å². The Morgan fingerprint density at radius 3 is 2.02 bits per heavy atom. The molecule has 0 radical (unpaired) electrons. The molecular formula is C30H25F3O8. The van der Waals surface area contributed by atoms with Crippen LogP contribution in [0.1, 0.15) is 22.5 Å². The van der Waals surface area contributed by atoms with Crippen LogP contribution in [-0.2, 0) is 11.0 Å². The Morgan fingerprint density at radius 1 is 0.829 bits per heavy atom. The number of carbonyl (C=O) groups excluding carboxylic acids is 1. The van der Waals surface area contributed by atoms with Crippen molar-refractivity contribution in [3.8, 4) is 34.5 Å². The summed E-state index contributed by atoms with van der Waals surface area (Å²) in [6.45, 7) is 3.49. The van der Waals surface area contributed by atoms with Gasteiger partial charge in [-0.15, -0.1) is 0 Å². The lowest BCUT2D eigenvalue weighted by atomic mass is 10.1. The van der Waals surface area contributed by atoms with Gasteiger partial charge < -0.3 is 28.1 Å². The summed E-state index contributed by atoms with van der Waals surface area (Å²) < 4.78 is 73.3. The van der Waals surface area contributed by atoms with E-state index < -0.39 is 34.7 Å². The number of hydrogen-bond acceptors (Lipinski definition) is 8. The second-order valence-electron chi connectivity index (χ2n) is 8.88. The van der Waals surface area contributed by atoms with E-state index in [4.69, 9.17) is 28.1 Å². The monoisotopic (exact) mass is 570 g/mol. The number of alkyl halides is 3. The number of hydrogen-bond donors (Lipinski definition) is 0. The van der Waals surface area contributed by atoms with Crippen LogP contribution in [0.4, 0.5) is 13.2 Å². The van der Waals surface area contributed by atoms with Gasteiger partial charge in [0.25, 0.3) is 5.76 Å². The number of aryl methyl sites for hydroxylation is 2. The minimum Gasteiger partial charge on any atom is -0.493 e. The van der Waals surface area contributed by atoms with Crippen molar-refractivity contribution in [2.75, 3.05) is 21.3 Å². The van der Waals surface area contributed by atoms with E-state index in [1.807, 2.05) is 6.07 Å². The molecule has 0 bridgehead atoms. The minimum atomic E-state index is -5.04. The van der Waals surface area contributed by atoms with Crippen LogP contribution in [0.3, 0.4) is 0 Å². The molecule has 214 valence electrons. The Hall–Kier alpha value is -4.93. The molecule has 1 heterocycles. The Morgan fingerprint density at radius 2 is 1.46 bits per heavy atom. The van der Waals surface area contributed by atoms with E-state index in [9.17, 15) is 22.8 Å². The van der Waals surface area contributed by atoms with E-state index in [0.717, 1.165) is 23.3 Å². The fourth-order valence-corrected chi connectivity index (χ4v) is 4.12. The van der Waals surface area contributed by atoms with E-state index in [1.54, 1.807) is 26.0 Å². The molecule has 0 saturated carbocycles. The molecule has 4 rings (SSSR count). The highest BCUT2D eigenvalue weighted by Gasteiger charge is 2.40. The van der Waals surface area contributed by atoms with Gasteiger partial charge in [-0.3, -0.25) is 4.79 Å². The summed E-state index contributed by atoms with van der Waals surface area (Å²) in [6.07, 6.45) is -2.52. The van der Waals surface area contributed by atoms with Gasteiger partial charge in [0, 0.05) is 12.1 Å². The molecular weight excluding hydrogens is 545 g/mol. The molecule has 3 aromatic carbocycles. The molecule has 1 aromatic heterocycles. The van der Waals surface area contributed by atoms with Crippen LogP contribution in [0, 0.1) is 13.8 Å². The van der Waals surface area contributed by atoms with E-state index in [1.165, 1.54) is 51.7 Å². The molecule has 0 unspecified atom stereocenters. The molecule has 0 aliphatic rings. The lowest BCUT2D eigenvalue weighted by molar-refractivity contribution is -0.154. The first kappa shape index (κ1) is 29.1. The Kier molecular flexibility index (Phi) is 8.27. The van der Waals surface area contributed by atoms with E-state index in [2.05, 4.69) is 0 Å². The van der Waals surface area contributed by atoms with Gasteiger partial charge in [0.15, 0.2) is 11.5 Å². The van der Waals surface area contributed by atoms with Gasteiger partial charge in [-0.25, -0.2) is 4.79 Å². The molecule has 0 aliphatic heterocycles. The highest BCUT2D eigenvalue weighted by atomic mass is 19.4. The lowest BCUT2D eigenvalue weighted by Gasteiger charge is -2.14. The van der Waals surface area contributed by atoms with Crippen LogP contribution < -0.4 is 29.1 Å². The van der Waals surface area contributed by atoms with Crippen molar-refractivity contribution >= 4 is 23.0 Å². The highest BCUT2D eigenvalue weighted by Crippen LogP contribution is 2.40. The van der Waals surface area contributed by atoms with Crippen LogP contribution in [0.15, 0.2) is 63.8 Å². The van der Waals surface area contributed by atoms with Crippen molar-refractivity contribution in [2.24, 2.45) is 0 Å². The number of rotatable bonds is 8. The molecule has 0 saturated heterocycles. The van der Waals surface area contributed by atoms with E-state index in [0.29, 0.717) is 22.8 Å². The molecule has 0 amide bonds. The summed E-state index contributed by atoms with van der Waals surface area (Å²) in [5.41, 5.74) is 0.535. The van der Waals surface area contributed by atoms with Gasteiger partial charge in [-0.2, -0.15) is 13.2 Å². The SMILES string of the molecule is COc1cc(C=CC(=O)Oc2ccc3c(=O)c(Oc4cc(C)cc(C)c4)c(C(F)(F)F)oc3c2)cc(OC)c1OC. The number of methoxy groups -OCH3 is 3. The van der Waals surface area contributed by atoms with Crippen LogP contribution >= 0.6 is 0 Å². The quantitative estimate of drug-likeness (QED) is 0.129. The van der Waals surface area contributed by atoms with Crippen LogP contribution in [-0.4, -0.2) is 27.3 Å². The zero-order chi connectivity index (χ0) is 29.9. The maximum absolute atomic E-state index is 13.9. The zero-order valence-corrected chi connectivity index (χ0v) is 22.7.